The van der Waals surface area contributed by atoms with Crippen LogP contribution in [0.25, 0.3) is 0 Å². The molecule has 3 heteroatoms. The number of benzene rings is 2. The topological polar surface area (TPSA) is 24.5 Å². The number of hydrogen-bond acceptors (Lipinski definition) is 3. The van der Waals surface area contributed by atoms with Crippen molar-refractivity contribution in [2.45, 2.75) is 6.92 Å². The van der Waals surface area contributed by atoms with E-state index in [1.165, 1.54) is 11.3 Å². The van der Waals surface area contributed by atoms with Gasteiger partial charge in [-0.05, 0) is 31.2 Å². The lowest BCUT2D eigenvalue weighted by atomic mass is 10.2. The molecule has 0 unspecified atom stereocenters. The minimum atomic E-state index is 0.887. The van der Waals surface area contributed by atoms with Crippen molar-refractivity contribution in [2.24, 2.45) is 0 Å². The number of nitrogens with zero attached hydrogens (tertiary/aromatic N) is 1. The van der Waals surface area contributed by atoms with Crippen molar-refractivity contribution in [3.63, 3.8) is 0 Å². The molecule has 3 nitrogen and oxygen atoms in total. The summed E-state index contributed by atoms with van der Waals surface area (Å²) in [6, 6.07) is 16.4. The summed E-state index contributed by atoms with van der Waals surface area (Å²) >= 11 is 0. The fourth-order valence-corrected chi connectivity index (χ4v) is 2.44. The van der Waals surface area contributed by atoms with Crippen LogP contribution in [0.5, 0.6) is 11.5 Å². The third-order valence-corrected chi connectivity index (χ3v) is 3.57. The number of piperazine rings is 1. The third kappa shape index (κ3) is 2.94. The quantitative estimate of drug-likeness (QED) is 0.925. The highest BCUT2D eigenvalue weighted by Gasteiger charge is 2.14. The van der Waals surface area contributed by atoms with Gasteiger partial charge in [0.1, 0.15) is 5.75 Å². The molecule has 1 heterocycles. The molecule has 3 rings (SSSR count). The number of aryl methyl sites for hydroxylation is 1. The molecule has 0 bridgehead atoms. The summed E-state index contributed by atoms with van der Waals surface area (Å²) in [7, 11) is 0. The fourth-order valence-electron chi connectivity index (χ4n) is 2.44. The van der Waals surface area contributed by atoms with E-state index in [0.29, 0.717) is 0 Å². The van der Waals surface area contributed by atoms with E-state index in [9.17, 15) is 0 Å². The molecule has 0 amide bonds. The molecule has 1 fully saturated rings. The Bertz CT molecular complexity index is 559. The molecule has 0 atom stereocenters. The van der Waals surface area contributed by atoms with Crippen LogP contribution in [0.4, 0.5) is 5.69 Å². The molecule has 1 saturated heterocycles. The highest BCUT2D eigenvalue weighted by molar-refractivity contribution is 5.59. The summed E-state index contributed by atoms with van der Waals surface area (Å²) in [5.74, 6) is 1.82. The Balaban J connectivity index is 1.83. The number of rotatable bonds is 3. The lowest BCUT2D eigenvalue weighted by molar-refractivity contribution is 0.478. The minimum Gasteiger partial charge on any atom is -0.455 e. The van der Waals surface area contributed by atoms with Gasteiger partial charge in [0, 0.05) is 26.2 Å². The van der Waals surface area contributed by atoms with Gasteiger partial charge in [0.25, 0.3) is 0 Å². The van der Waals surface area contributed by atoms with E-state index in [-0.39, 0.29) is 0 Å². The monoisotopic (exact) mass is 268 g/mol. The molecule has 1 aliphatic heterocycles. The largest absolute Gasteiger partial charge is 0.455 e. The maximum Gasteiger partial charge on any atom is 0.150 e. The van der Waals surface area contributed by atoms with E-state index in [0.717, 1.165) is 37.7 Å². The fraction of sp³-hybridized carbons (Fsp3) is 0.294. The van der Waals surface area contributed by atoms with Crippen molar-refractivity contribution in [1.82, 2.24) is 5.32 Å². The van der Waals surface area contributed by atoms with E-state index in [1.54, 1.807) is 0 Å². The van der Waals surface area contributed by atoms with E-state index < -0.39 is 0 Å². The zero-order valence-corrected chi connectivity index (χ0v) is 11.8. The van der Waals surface area contributed by atoms with Crippen molar-refractivity contribution in [3.8, 4) is 11.5 Å². The summed E-state index contributed by atoms with van der Waals surface area (Å²) in [4.78, 5) is 2.38. The number of ether oxygens (including phenoxy) is 1. The first-order chi connectivity index (χ1) is 9.83. The van der Waals surface area contributed by atoms with Crippen LogP contribution in [0.15, 0.2) is 48.5 Å². The summed E-state index contributed by atoms with van der Waals surface area (Å²) < 4.78 is 6.06. The van der Waals surface area contributed by atoms with Crippen LogP contribution in [-0.2, 0) is 0 Å². The average molecular weight is 268 g/mol. The Kier molecular flexibility index (Phi) is 3.88. The highest BCUT2D eigenvalue weighted by atomic mass is 16.5. The van der Waals surface area contributed by atoms with E-state index in [1.807, 2.05) is 24.3 Å². The first-order valence-electron chi connectivity index (χ1n) is 7.12. The van der Waals surface area contributed by atoms with Gasteiger partial charge >= 0.3 is 0 Å². The van der Waals surface area contributed by atoms with Crippen LogP contribution >= 0.6 is 0 Å². The smallest absolute Gasteiger partial charge is 0.150 e. The van der Waals surface area contributed by atoms with Crippen LogP contribution in [0.2, 0.25) is 0 Å². The molecule has 20 heavy (non-hydrogen) atoms. The zero-order valence-electron chi connectivity index (χ0n) is 11.8. The number of para-hydroxylation sites is 2. The van der Waals surface area contributed by atoms with E-state index in [4.69, 9.17) is 4.74 Å². The Labute approximate surface area is 120 Å². The second kappa shape index (κ2) is 5.97. The molecule has 1 N–H and O–H groups in total. The standard InChI is InChI=1S/C17H20N2O/c1-14-6-8-15(9-7-14)20-17-5-3-2-4-16(17)19-12-10-18-11-13-19/h2-9,18H,10-13H2,1H3. The molecule has 0 aliphatic carbocycles. The van der Waals surface area contributed by atoms with Crippen LogP contribution in [-0.4, -0.2) is 26.2 Å². The van der Waals surface area contributed by atoms with Gasteiger partial charge in [0.05, 0.1) is 5.69 Å². The van der Waals surface area contributed by atoms with Gasteiger partial charge in [-0.2, -0.15) is 0 Å². The predicted octanol–water partition coefficient (Wildman–Crippen LogP) is 3.20. The second-order valence-electron chi connectivity index (χ2n) is 5.12. The van der Waals surface area contributed by atoms with Gasteiger partial charge in [-0.15, -0.1) is 0 Å². The summed E-state index contributed by atoms with van der Waals surface area (Å²) in [6.45, 7) is 6.18. The van der Waals surface area contributed by atoms with Gasteiger partial charge in [-0.3, -0.25) is 0 Å². The van der Waals surface area contributed by atoms with Gasteiger partial charge in [0.15, 0.2) is 5.75 Å². The van der Waals surface area contributed by atoms with Crippen LogP contribution in [0, 0.1) is 6.92 Å². The number of hydrogen-bond donors (Lipinski definition) is 1. The van der Waals surface area contributed by atoms with Crippen molar-refractivity contribution in [2.75, 3.05) is 31.1 Å². The number of nitrogens with one attached hydrogen (secondary N) is 1. The van der Waals surface area contributed by atoms with Crippen molar-refractivity contribution < 1.29 is 4.74 Å². The number of anilines is 1. The molecule has 0 saturated carbocycles. The Morgan fingerprint density at radius 3 is 2.40 bits per heavy atom. The molecule has 2 aromatic rings. The Morgan fingerprint density at radius 2 is 1.65 bits per heavy atom. The molecular formula is C17H20N2O. The summed E-state index contributed by atoms with van der Waals surface area (Å²) in [5, 5.41) is 3.38. The maximum absolute atomic E-state index is 6.06. The first-order valence-corrected chi connectivity index (χ1v) is 7.12. The molecule has 1 aliphatic rings. The predicted molar refractivity (Wildman–Crippen MR) is 82.8 cm³/mol. The van der Waals surface area contributed by atoms with Gasteiger partial charge in [-0.1, -0.05) is 29.8 Å². The minimum absolute atomic E-state index is 0.887. The van der Waals surface area contributed by atoms with Gasteiger partial charge < -0.3 is 15.0 Å². The highest BCUT2D eigenvalue weighted by Crippen LogP contribution is 2.32. The van der Waals surface area contributed by atoms with Gasteiger partial charge in [0.2, 0.25) is 0 Å². The van der Waals surface area contributed by atoms with Gasteiger partial charge in [-0.25, -0.2) is 0 Å². The lowest BCUT2D eigenvalue weighted by Crippen LogP contribution is -2.43. The molecule has 0 radical (unpaired) electrons. The molecule has 2 aromatic carbocycles. The van der Waals surface area contributed by atoms with Crippen LogP contribution in [0.3, 0.4) is 0 Å². The summed E-state index contributed by atoms with van der Waals surface area (Å²) in [5.41, 5.74) is 2.42. The zero-order chi connectivity index (χ0) is 13.8. The molecule has 104 valence electrons. The maximum atomic E-state index is 6.06. The molecular weight excluding hydrogens is 248 g/mol. The molecule has 0 spiro atoms. The third-order valence-electron chi connectivity index (χ3n) is 3.57. The van der Waals surface area contributed by atoms with Crippen molar-refractivity contribution in [3.05, 3.63) is 54.1 Å². The Hall–Kier alpha value is -2.00. The SMILES string of the molecule is Cc1ccc(Oc2ccccc2N2CCNCC2)cc1. The van der Waals surface area contributed by atoms with Crippen molar-refractivity contribution in [1.29, 1.82) is 0 Å². The van der Waals surface area contributed by atoms with Crippen LogP contribution < -0.4 is 15.0 Å². The normalized spacial score (nSPS) is 15.2. The van der Waals surface area contributed by atoms with Crippen LogP contribution in [0.1, 0.15) is 5.56 Å². The lowest BCUT2D eigenvalue weighted by Gasteiger charge is -2.30. The van der Waals surface area contributed by atoms with E-state index in [2.05, 4.69) is 41.4 Å². The summed E-state index contributed by atoms with van der Waals surface area (Å²) in [6.07, 6.45) is 0. The Morgan fingerprint density at radius 1 is 0.950 bits per heavy atom. The molecule has 0 aromatic heterocycles. The van der Waals surface area contributed by atoms with E-state index >= 15 is 0 Å². The van der Waals surface area contributed by atoms with Crippen molar-refractivity contribution >= 4 is 5.69 Å². The second-order valence-corrected chi connectivity index (χ2v) is 5.12. The first kappa shape index (κ1) is 13.0. The average Bonchev–Trinajstić information content (AvgIpc) is 2.51.